The second-order valence-electron chi connectivity index (χ2n) is 4.67. The second kappa shape index (κ2) is 8.12. The van der Waals surface area contributed by atoms with Crippen LogP contribution in [-0.2, 0) is 4.84 Å². The van der Waals surface area contributed by atoms with Crippen LogP contribution in [0.4, 0.5) is 0 Å². The third-order valence-electron chi connectivity index (χ3n) is 3.16. The zero-order chi connectivity index (χ0) is 15.0. The Morgan fingerprint density at radius 3 is 1.80 bits per heavy atom. The standard InChI is InChI=1S/C10H12O2.C6H15NO/c1-3-10(2)11-8-6-4-5-7-9(8)12-10;1-4-7(5-2)8-6-3/h4-7H,3H2,1-2H3;4-6H2,1-3H3. The van der Waals surface area contributed by atoms with Gasteiger partial charge in [-0.3, -0.25) is 4.84 Å². The van der Waals surface area contributed by atoms with Crippen molar-refractivity contribution < 1.29 is 14.3 Å². The molecule has 0 bridgehead atoms. The number of fused-ring (bicyclic) bond motifs is 1. The van der Waals surface area contributed by atoms with Crippen molar-refractivity contribution in [1.82, 2.24) is 5.06 Å². The number of hydroxylamine groups is 2. The molecular formula is C16H27NO3. The Morgan fingerprint density at radius 1 is 1.00 bits per heavy atom. The molecule has 0 unspecified atom stereocenters. The van der Waals surface area contributed by atoms with E-state index in [9.17, 15) is 0 Å². The minimum absolute atomic E-state index is 0.455. The summed E-state index contributed by atoms with van der Waals surface area (Å²) in [6.07, 6.45) is 0.849. The first-order valence-electron chi connectivity index (χ1n) is 7.43. The summed E-state index contributed by atoms with van der Waals surface area (Å²) >= 11 is 0. The number of rotatable bonds is 5. The third-order valence-corrected chi connectivity index (χ3v) is 3.16. The second-order valence-corrected chi connectivity index (χ2v) is 4.67. The van der Waals surface area contributed by atoms with Gasteiger partial charge in [0.15, 0.2) is 11.5 Å². The molecule has 0 aromatic heterocycles. The molecule has 0 aliphatic carbocycles. The zero-order valence-electron chi connectivity index (χ0n) is 13.3. The Labute approximate surface area is 122 Å². The molecule has 20 heavy (non-hydrogen) atoms. The van der Waals surface area contributed by atoms with Crippen molar-refractivity contribution in [1.29, 1.82) is 0 Å². The predicted octanol–water partition coefficient (Wildman–Crippen LogP) is 3.86. The van der Waals surface area contributed by atoms with Crippen LogP contribution in [0.2, 0.25) is 0 Å². The number of benzene rings is 1. The summed E-state index contributed by atoms with van der Waals surface area (Å²) in [5.74, 6) is 1.24. The lowest BCUT2D eigenvalue weighted by molar-refractivity contribution is -0.147. The molecule has 114 valence electrons. The Kier molecular flexibility index (Phi) is 6.82. The summed E-state index contributed by atoms with van der Waals surface area (Å²) < 4.78 is 11.2. The minimum atomic E-state index is -0.455. The molecule has 0 saturated heterocycles. The van der Waals surface area contributed by atoms with Gasteiger partial charge in [-0.05, 0) is 19.1 Å². The van der Waals surface area contributed by atoms with E-state index in [0.29, 0.717) is 0 Å². The van der Waals surface area contributed by atoms with E-state index >= 15 is 0 Å². The first kappa shape index (κ1) is 16.8. The van der Waals surface area contributed by atoms with E-state index < -0.39 is 5.79 Å². The highest BCUT2D eigenvalue weighted by atomic mass is 16.7. The van der Waals surface area contributed by atoms with Crippen molar-refractivity contribution in [3.63, 3.8) is 0 Å². The quantitative estimate of drug-likeness (QED) is 0.767. The van der Waals surface area contributed by atoms with Crippen molar-refractivity contribution in [2.24, 2.45) is 0 Å². The smallest absolute Gasteiger partial charge is 0.248 e. The van der Waals surface area contributed by atoms with E-state index in [1.807, 2.05) is 50.1 Å². The molecular weight excluding hydrogens is 254 g/mol. The van der Waals surface area contributed by atoms with Crippen molar-refractivity contribution >= 4 is 0 Å². The minimum Gasteiger partial charge on any atom is -0.449 e. The molecule has 0 spiro atoms. The number of hydrogen-bond donors (Lipinski definition) is 0. The fourth-order valence-corrected chi connectivity index (χ4v) is 1.84. The highest BCUT2D eigenvalue weighted by Crippen LogP contribution is 2.39. The fraction of sp³-hybridized carbons (Fsp3) is 0.625. The first-order chi connectivity index (χ1) is 9.58. The molecule has 4 heteroatoms. The van der Waals surface area contributed by atoms with Gasteiger partial charge in [0.05, 0.1) is 6.61 Å². The van der Waals surface area contributed by atoms with Gasteiger partial charge in [-0.15, -0.1) is 0 Å². The van der Waals surface area contributed by atoms with Crippen molar-refractivity contribution in [3.8, 4) is 11.5 Å². The summed E-state index contributed by atoms with van der Waals surface area (Å²) in [4.78, 5) is 5.17. The molecule has 1 aliphatic heterocycles. The first-order valence-corrected chi connectivity index (χ1v) is 7.43. The Bertz CT molecular complexity index is 366. The van der Waals surface area contributed by atoms with E-state index in [-0.39, 0.29) is 0 Å². The third kappa shape index (κ3) is 4.69. The number of para-hydroxylation sites is 2. The van der Waals surface area contributed by atoms with Crippen LogP contribution in [0.3, 0.4) is 0 Å². The van der Waals surface area contributed by atoms with Gasteiger partial charge in [0, 0.05) is 26.4 Å². The van der Waals surface area contributed by atoms with Crippen molar-refractivity contribution in [3.05, 3.63) is 24.3 Å². The molecule has 0 atom stereocenters. The van der Waals surface area contributed by atoms with E-state index in [0.717, 1.165) is 37.6 Å². The molecule has 4 nitrogen and oxygen atoms in total. The lowest BCUT2D eigenvalue weighted by atomic mass is 10.2. The highest BCUT2D eigenvalue weighted by Gasteiger charge is 2.34. The molecule has 1 aromatic rings. The molecule has 0 N–H and O–H groups in total. The topological polar surface area (TPSA) is 30.9 Å². The predicted molar refractivity (Wildman–Crippen MR) is 80.9 cm³/mol. The van der Waals surface area contributed by atoms with Gasteiger partial charge in [-0.2, -0.15) is 5.06 Å². The summed E-state index contributed by atoms with van der Waals surface area (Å²) in [6.45, 7) is 12.9. The van der Waals surface area contributed by atoms with Crippen molar-refractivity contribution in [2.75, 3.05) is 19.7 Å². The summed E-state index contributed by atoms with van der Waals surface area (Å²) in [6, 6.07) is 7.75. The molecule has 1 aliphatic rings. The Hall–Kier alpha value is -1.26. The molecule has 2 rings (SSSR count). The molecule has 0 radical (unpaired) electrons. The van der Waals surface area contributed by atoms with Gasteiger partial charge in [0.2, 0.25) is 5.79 Å². The van der Waals surface area contributed by atoms with E-state index in [1.165, 1.54) is 0 Å². The maximum atomic E-state index is 5.62. The van der Waals surface area contributed by atoms with Crippen LogP contribution >= 0.6 is 0 Å². The normalized spacial score (nSPS) is 14.9. The maximum Gasteiger partial charge on any atom is 0.248 e. The van der Waals surface area contributed by atoms with Crippen LogP contribution in [0.5, 0.6) is 11.5 Å². The molecule has 0 saturated carbocycles. The zero-order valence-corrected chi connectivity index (χ0v) is 13.3. The van der Waals surface area contributed by atoms with Crippen LogP contribution < -0.4 is 9.47 Å². The van der Waals surface area contributed by atoms with Gasteiger partial charge < -0.3 is 9.47 Å². The summed E-state index contributed by atoms with van der Waals surface area (Å²) in [5.41, 5.74) is 0. The lowest BCUT2D eigenvalue weighted by Crippen LogP contribution is -2.33. The van der Waals surface area contributed by atoms with Crippen LogP contribution in [0.1, 0.15) is 41.0 Å². The largest absolute Gasteiger partial charge is 0.449 e. The summed E-state index contributed by atoms with van der Waals surface area (Å²) in [7, 11) is 0. The van der Waals surface area contributed by atoms with Gasteiger partial charge in [0.1, 0.15) is 0 Å². The average Bonchev–Trinajstić information content (AvgIpc) is 2.82. The Morgan fingerprint density at radius 2 is 1.50 bits per heavy atom. The highest BCUT2D eigenvalue weighted by molar-refractivity contribution is 5.42. The van der Waals surface area contributed by atoms with Gasteiger partial charge in [-0.1, -0.05) is 32.9 Å². The number of hydrogen-bond acceptors (Lipinski definition) is 4. The van der Waals surface area contributed by atoms with Crippen LogP contribution in [0.15, 0.2) is 24.3 Å². The van der Waals surface area contributed by atoms with Crippen molar-refractivity contribution in [2.45, 2.75) is 46.8 Å². The average molecular weight is 281 g/mol. The number of ether oxygens (including phenoxy) is 2. The molecule has 0 fully saturated rings. The van der Waals surface area contributed by atoms with E-state index in [2.05, 4.69) is 13.8 Å². The molecule has 1 aromatic carbocycles. The fourth-order valence-electron chi connectivity index (χ4n) is 1.84. The summed E-state index contributed by atoms with van der Waals surface area (Å²) in [5, 5.41) is 1.93. The van der Waals surface area contributed by atoms with Crippen LogP contribution in [0, 0.1) is 0 Å². The maximum absolute atomic E-state index is 5.62. The van der Waals surface area contributed by atoms with Crippen LogP contribution in [0.25, 0.3) is 0 Å². The molecule has 1 heterocycles. The lowest BCUT2D eigenvalue weighted by Gasteiger charge is -2.20. The van der Waals surface area contributed by atoms with Crippen LogP contribution in [-0.4, -0.2) is 30.5 Å². The van der Waals surface area contributed by atoms with Gasteiger partial charge in [0.25, 0.3) is 0 Å². The number of nitrogens with zero attached hydrogens (tertiary/aromatic N) is 1. The van der Waals surface area contributed by atoms with Gasteiger partial charge >= 0.3 is 0 Å². The van der Waals surface area contributed by atoms with Gasteiger partial charge in [-0.25, -0.2) is 0 Å². The SMILES string of the molecule is CCC1(C)Oc2ccccc2O1.CCON(CC)CC. The van der Waals surface area contributed by atoms with E-state index in [1.54, 1.807) is 0 Å². The Balaban J connectivity index is 0.000000221. The van der Waals surface area contributed by atoms with E-state index in [4.69, 9.17) is 14.3 Å². The monoisotopic (exact) mass is 281 g/mol. The molecule has 0 amide bonds.